The normalized spacial score (nSPS) is 19.0. The molecular weight excluding hydrogens is 628 g/mol. The van der Waals surface area contributed by atoms with Crippen molar-refractivity contribution in [2.45, 2.75) is 81.6 Å². The summed E-state index contributed by atoms with van der Waals surface area (Å²) in [5.74, 6) is -4.43. The van der Waals surface area contributed by atoms with Crippen LogP contribution in [-0.2, 0) is 39.9 Å². The minimum atomic E-state index is -1.20. The fourth-order valence-electron chi connectivity index (χ4n) is 5.73. The standard InChI is InChI=1S/C31H42N8O9/c32-26(42)20(8-5-12-34-31(33)47)36-27(43)22(14-17-15-35-19-7-2-1-6-18(17)19)38-28(44)23-9-3-4-13-39(23)30(46)21(10-11-25(40)41)37-29(45)24-16-48-24/h1-2,6-7,15,20-24,35H,3-5,8-14,16H2,(H2,32,42)(H,36,43)(H,37,45)(H,38,44)(H,40,41)(H3,33,34,47)/t20?,21?,22?,23-,24?/m0/s1. The van der Waals surface area contributed by atoms with Crippen LogP contribution in [0, 0.1) is 0 Å². The van der Waals surface area contributed by atoms with E-state index in [1.54, 1.807) is 6.20 Å². The number of aliphatic carboxylic acids is 1. The lowest BCUT2D eigenvalue weighted by molar-refractivity contribution is -0.146. The molecule has 0 aliphatic carbocycles. The fraction of sp³-hybridized carbons (Fsp3) is 0.516. The Morgan fingerprint density at radius 3 is 2.38 bits per heavy atom. The number of aromatic amines is 1. The monoisotopic (exact) mass is 670 g/mol. The number of piperidine rings is 1. The summed E-state index contributed by atoms with van der Waals surface area (Å²) < 4.78 is 4.99. The van der Waals surface area contributed by atoms with Crippen LogP contribution >= 0.6 is 0 Å². The van der Waals surface area contributed by atoms with Crippen molar-refractivity contribution < 1.29 is 43.4 Å². The van der Waals surface area contributed by atoms with E-state index in [0.29, 0.717) is 18.4 Å². The van der Waals surface area contributed by atoms with Gasteiger partial charge in [-0.3, -0.25) is 28.8 Å². The number of carboxylic acids is 1. The number of primary amides is 2. The van der Waals surface area contributed by atoms with Gasteiger partial charge in [-0.2, -0.15) is 0 Å². The Kier molecular flexibility index (Phi) is 12.3. The van der Waals surface area contributed by atoms with E-state index in [9.17, 15) is 38.7 Å². The number of nitrogens with two attached hydrogens (primary N) is 2. The van der Waals surface area contributed by atoms with Crippen molar-refractivity contribution in [2.75, 3.05) is 19.7 Å². The number of nitrogens with one attached hydrogen (secondary N) is 5. The number of rotatable bonds is 17. The molecule has 7 amide bonds. The predicted molar refractivity (Wildman–Crippen MR) is 170 cm³/mol. The topological polar surface area (TPSA) is 271 Å². The first-order valence-electron chi connectivity index (χ1n) is 15.9. The third-order valence-electron chi connectivity index (χ3n) is 8.34. The number of para-hydroxylation sites is 1. The van der Waals surface area contributed by atoms with Gasteiger partial charge in [0.05, 0.1) is 6.61 Å². The highest BCUT2D eigenvalue weighted by Crippen LogP contribution is 2.22. The average Bonchev–Trinajstić information content (AvgIpc) is 3.84. The number of fused-ring (bicyclic) bond motifs is 1. The highest BCUT2D eigenvalue weighted by molar-refractivity contribution is 5.96. The zero-order valence-electron chi connectivity index (χ0n) is 26.4. The van der Waals surface area contributed by atoms with Gasteiger partial charge in [0.15, 0.2) is 6.10 Å². The largest absolute Gasteiger partial charge is 0.481 e. The second-order valence-corrected chi connectivity index (χ2v) is 11.9. The highest BCUT2D eigenvalue weighted by atomic mass is 16.6. The van der Waals surface area contributed by atoms with Crippen molar-refractivity contribution in [1.29, 1.82) is 0 Å². The number of carbonyl (C=O) groups is 7. The molecule has 1 aromatic heterocycles. The lowest BCUT2D eigenvalue weighted by Crippen LogP contribution is -2.60. The van der Waals surface area contributed by atoms with E-state index in [1.165, 1.54) is 4.90 Å². The average molecular weight is 671 g/mol. The molecule has 1 aromatic carbocycles. The van der Waals surface area contributed by atoms with Crippen molar-refractivity contribution in [3.8, 4) is 0 Å². The van der Waals surface area contributed by atoms with Crippen molar-refractivity contribution in [2.24, 2.45) is 11.5 Å². The SMILES string of the molecule is NC(=O)NCCCC(NC(=O)C(Cc1c[nH]c2ccccc12)NC(=O)[C@@H]1CCCCN1C(=O)C(CCC(=O)O)NC(=O)C1CO1)C(N)=O. The molecule has 0 spiro atoms. The number of urea groups is 1. The molecule has 17 nitrogen and oxygen atoms in total. The number of carboxylic acid groups (broad SMARTS) is 1. The summed E-state index contributed by atoms with van der Waals surface area (Å²) in [6, 6.07) is 2.13. The van der Waals surface area contributed by atoms with Crippen LogP contribution in [0.15, 0.2) is 30.5 Å². The second-order valence-electron chi connectivity index (χ2n) is 11.9. The smallest absolute Gasteiger partial charge is 0.312 e. The van der Waals surface area contributed by atoms with Crippen molar-refractivity contribution in [3.05, 3.63) is 36.0 Å². The van der Waals surface area contributed by atoms with E-state index in [2.05, 4.69) is 26.3 Å². The van der Waals surface area contributed by atoms with Crippen LogP contribution in [0.3, 0.4) is 0 Å². The number of epoxide rings is 1. The van der Waals surface area contributed by atoms with Gasteiger partial charge in [0.2, 0.25) is 23.6 Å². The summed E-state index contributed by atoms with van der Waals surface area (Å²) in [6.45, 7) is 0.525. The van der Waals surface area contributed by atoms with Crippen LogP contribution < -0.4 is 32.7 Å². The molecule has 3 heterocycles. The number of amides is 7. The van der Waals surface area contributed by atoms with Crippen LogP contribution in [0.4, 0.5) is 4.79 Å². The van der Waals surface area contributed by atoms with Gasteiger partial charge in [0.25, 0.3) is 5.91 Å². The predicted octanol–water partition coefficient (Wildman–Crippen LogP) is -1.26. The van der Waals surface area contributed by atoms with Gasteiger partial charge in [-0.05, 0) is 50.2 Å². The first-order chi connectivity index (χ1) is 22.9. The van der Waals surface area contributed by atoms with E-state index < -0.39 is 71.8 Å². The maximum atomic E-state index is 13.9. The third-order valence-corrected chi connectivity index (χ3v) is 8.34. The van der Waals surface area contributed by atoms with Crippen molar-refractivity contribution >= 4 is 52.4 Å². The Morgan fingerprint density at radius 2 is 1.69 bits per heavy atom. The van der Waals surface area contributed by atoms with Gasteiger partial charge in [0, 0.05) is 43.0 Å². The molecule has 10 N–H and O–H groups in total. The molecule has 0 saturated carbocycles. The minimum Gasteiger partial charge on any atom is -0.481 e. The number of likely N-dealkylation sites (tertiary alicyclic amines) is 1. The Morgan fingerprint density at radius 1 is 0.958 bits per heavy atom. The van der Waals surface area contributed by atoms with Gasteiger partial charge in [-0.15, -0.1) is 0 Å². The number of hydrogen-bond acceptors (Lipinski definition) is 8. The molecule has 4 rings (SSSR count). The third kappa shape index (κ3) is 9.90. The van der Waals surface area contributed by atoms with Crippen LogP contribution in [0.2, 0.25) is 0 Å². The Hall–Kier alpha value is -5.19. The molecule has 17 heteroatoms. The molecule has 2 aliphatic heterocycles. The molecule has 0 bridgehead atoms. The Bertz CT molecular complexity index is 1520. The fourth-order valence-corrected chi connectivity index (χ4v) is 5.73. The van der Waals surface area contributed by atoms with E-state index in [-0.39, 0.29) is 58.2 Å². The summed E-state index contributed by atoms with van der Waals surface area (Å²) in [4.78, 5) is 92.8. The maximum absolute atomic E-state index is 13.9. The number of H-pyrrole nitrogens is 1. The number of carbonyl (C=O) groups excluding carboxylic acids is 6. The Labute approximate surface area is 275 Å². The molecule has 2 saturated heterocycles. The molecule has 2 aliphatic rings. The first-order valence-corrected chi connectivity index (χ1v) is 15.9. The summed E-state index contributed by atoms with van der Waals surface area (Å²) in [6.07, 6.45) is 2.27. The van der Waals surface area contributed by atoms with E-state index in [1.807, 2.05) is 24.3 Å². The summed E-state index contributed by atoms with van der Waals surface area (Å²) in [5, 5.41) is 20.4. The van der Waals surface area contributed by atoms with Crippen molar-refractivity contribution in [1.82, 2.24) is 31.2 Å². The summed E-state index contributed by atoms with van der Waals surface area (Å²) in [5.41, 5.74) is 12.2. The zero-order chi connectivity index (χ0) is 34.8. The summed E-state index contributed by atoms with van der Waals surface area (Å²) >= 11 is 0. The molecule has 0 radical (unpaired) electrons. The van der Waals surface area contributed by atoms with Crippen LogP contribution in [0.5, 0.6) is 0 Å². The van der Waals surface area contributed by atoms with Gasteiger partial charge in [0.1, 0.15) is 24.2 Å². The lowest BCUT2D eigenvalue weighted by atomic mass is 9.97. The highest BCUT2D eigenvalue weighted by Gasteiger charge is 2.40. The van der Waals surface area contributed by atoms with Crippen LogP contribution in [-0.4, -0.2) is 106 Å². The Balaban J connectivity index is 1.53. The number of ether oxygens (including phenoxy) is 1. The zero-order valence-corrected chi connectivity index (χ0v) is 26.4. The lowest BCUT2D eigenvalue weighted by Gasteiger charge is -2.37. The minimum absolute atomic E-state index is 0.0235. The summed E-state index contributed by atoms with van der Waals surface area (Å²) in [7, 11) is 0. The number of hydrogen-bond donors (Lipinski definition) is 8. The number of benzene rings is 1. The maximum Gasteiger partial charge on any atom is 0.312 e. The number of aromatic nitrogens is 1. The molecule has 48 heavy (non-hydrogen) atoms. The molecule has 5 atom stereocenters. The molecule has 2 aromatic rings. The molecular formula is C31H42N8O9. The van der Waals surface area contributed by atoms with E-state index >= 15 is 0 Å². The van der Waals surface area contributed by atoms with Gasteiger partial charge >= 0.3 is 12.0 Å². The quantitative estimate of drug-likeness (QED) is 0.0736. The number of nitrogens with zero attached hydrogens (tertiary/aromatic N) is 1. The van der Waals surface area contributed by atoms with Crippen molar-refractivity contribution in [3.63, 3.8) is 0 Å². The van der Waals surface area contributed by atoms with E-state index in [0.717, 1.165) is 10.9 Å². The molecule has 4 unspecified atom stereocenters. The molecule has 260 valence electrons. The van der Waals surface area contributed by atoms with Crippen LogP contribution in [0.1, 0.15) is 50.5 Å². The van der Waals surface area contributed by atoms with Gasteiger partial charge in [-0.25, -0.2) is 4.79 Å². The van der Waals surface area contributed by atoms with Gasteiger partial charge < -0.3 is 52.5 Å². The molecule has 2 fully saturated rings. The second kappa shape index (κ2) is 16.6. The van der Waals surface area contributed by atoms with Crippen LogP contribution in [0.25, 0.3) is 10.9 Å². The van der Waals surface area contributed by atoms with Gasteiger partial charge in [-0.1, -0.05) is 18.2 Å². The van der Waals surface area contributed by atoms with E-state index in [4.69, 9.17) is 16.2 Å². The first kappa shape index (κ1) is 35.7.